The van der Waals surface area contributed by atoms with Gasteiger partial charge < -0.3 is 0 Å². The van der Waals surface area contributed by atoms with Crippen LogP contribution >= 0.6 is 47.7 Å². The van der Waals surface area contributed by atoms with Gasteiger partial charge in [0, 0.05) is 0 Å². The second kappa shape index (κ2) is 10.8. The van der Waals surface area contributed by atoms with Gasteiger partial charge in [0.15, 0.2) is 0 Å². The normalized spacial score (nSPS) is 13.3. The Labute approximate surface area is 198 Å². The summed E-state index contributed by atoms with van der Waals surface area (Å²) in [5.41, 5.74) is 0. The molecule has 0 aliphatic rings. The summed E-state index contributed by atoms with van der Waals surface area (Å²) in [5.74, 6) is 0. The lowest BCUT2D eigenvalue weighted by Crippen LogP contribution is -2.28. The quantitative estimate of drug-likeness (QED) is 0.176. The first-order chi connectivity index (χ1) is 14.8. The Morgan fingerprint density at radius 3 is 0.767 bits per heavy atom. The average molecular weight is 556 g/mol. The zero-order chi connectivity index (χ0) is 20.8. The van der Waals surface area contributed by atoms with Crippen molar-refractivity contribution in [1.82, 2.24) is 0 Å². The topological polar surface area (TPSA) is 0 Å². The van der Waals surface area contributed by atoms with Crippen LogP contribution in [0.1, 0.15) is 0 Å². The summed E-state index contributed by atoms with van der Waals surface area (Å²) in [7, 11) is -1.16. The lowest BCUT2D eigenvalue weighted by atomic mass is 10.4. The van der Waals surface area contributed by atoms with Gasteiger partial charge in [-0.15, -0.1) is 0 Å². The van der Waals surface area contributed by atoms with Crippen molar-refractivity contribution < 1.29 is 0 Å². The Kier molecular flexibility index (Phi) is 7.91. The minimum Gasteiger partial charge on any atom is -0.0816 e. The fourth-order valence-corrected chi connectivity index (χ4v) is 12.7. The molecular formula is C26H22Br2P2. The predicted octanol–water partition coefficient (Wildman–Crippen LogP) is 6.69. The largest absolute Gasteiger partial charge is 0.0816 e. The van der Waals surface area contributed by atoms with E-state index in [1.807, 2.05) is 0 Å². The summed E-state index contributed by atoms with van der Waals surface area (Å²) < 4.78 is 0.563. The third-order valence-electron chi connectivity index (χ3n) is 4.86. The minimum atomic E-state index is -0.579. The first-order valence-electron chi connectivity index (χ1n) is 9.82. The average Bonchev–Trinajstić information content (AvgIpc) is 2.82. The Balaban J connectivity index is 1.77. The third kappa shape index (κ3) is 5.12. The van der Waals surface area contributed by atoms with E-state index in [4.69, 9.17) is 0 Å². The van der Waals surface area contributed by atoms with E-state index >= 15 is 0 Å². The standard InChI is InChI=1S/C26H22Br2P2/c27-25(29(21-13-5-1-6-14-21)22-15-7-2-8-16-22)26(28)30(23-17-9-3-10-18-23)24-19-11-4-12-20-24/h1-20,25-26H. The third-order valence-corrected chi connectivity index (χ3v) is 15.1. The molecule has 0 spiro atoms. The molecule has 0 aliphatic heterocycles. The number of hydrogen-bond donors (Lipinski definition) is 0. The molecule has 150 valence electrons. The van der Waals surface area contributed by atoms with Gasteiger partial charge in [-0.05, 0) is 37.1 Å². The maximum absolute atomic E-state index is 4.18. The summed E-state index contributed by atoms with van der Waals surface area (Å²) in [6.45, 7) is 0. The summed E-state index contributed by atoms with van der Waals surface area (Å²) >= 11 is 8.35. The van der Waals surface area contributed by atoms with E-state index in [-0.39, 0.29) is 9.14 Å². The number of rotatable bonds is 7. The molecular weight excluding hydrogens is 534 g/mol. The van der Waals surface area contributed by atoms with Crippen LogP contribution in [0.2, 0.25) is 0 Å². The van der Waals surface area contributed by atoms with Gasteiger partial charge in [0.2, 0.25) is 0 Å². The minimum absolute atomic E-state index is 0.281. The zero-order valence-electron chi connectivity index (χ0n) is 16.4. The predicted molar refractivity (Wildman–Crippen MR) is 144 cm³/mol. The fourth-order valence-electron chi connectivity index (χ4n) is 3.47. The lowest BCUT2D eigenvalue weighted by Gasteiger charge is -2.33. The number of alkyl halides is 2. The van der Waals surface area contributed by atoms with Crippen molar-refractivity contribution in [2.24, 2.45) is 0 Å². The summed E-state index contributed by atoms with van der Waals surface area (Å²) in [5, 5.41) is 5.56. The monoisotopic (exact) mass is 554 g/mol. The van der Waals surface area contributed by atoms with Crippen LogP contribution in [-0.4, -0.2) is 9.14 Å². The Morgan fingerprint density at radius 2 is 0.567 bits per heavy atom. The molecule has 0 nitrogen and oxygen atoms in total. The highest BCUT2D eigenvalue weighted by molar-refractivity contribution is 9.14. The van der Waals surface area contributed by atoms with Crippen molar-refractivity contribution in [2.75, 3.05) is 0 Å². The first kappa shape index (κ1) is 21.9. The number of halogens is 2. The van der Waals surface area contributed by atoms with E-state index < -0.39 is 15.8 Å². The maximum Gasteiger partial charge on any atom is 0.0597 e. The fraction of sp³-hybridized carbons (Fsp3) is 0.0769. The van der Waals surface area contributed by atoms with Crippen LogP contribution in [0.25, 0.3) is 0 Å². The highest BCUT2D eigenvalue weighted by atomic mass is 79.9. The van der Waals surface area contributed by atoms with Crippen molar-refractivity contribution in [1.29, 1.82) is 0 Å². The van der Waals surface area contributed by atoms with Crippen molar-refractivity contribution in [3.05, 3.63) is 121 Å². The van der Waals surface area contributed by atoms with Gasteiger partial charge in [-0.25, -0.2) is 0 Å². The lowest BCUT2D eigenvalue weighted by molar-refractivity contribution is 1.37. The maximum atomic E-state index is 4.18. The van der Waals surface area contributed by atoms with Crippen LogP contribution in [0.5, 0.6) is 0 Å². The Bertz CT molecular complexity index is 862. The van der Waals surface area contributed by atoms with Gasteiger partial charge in [-0.2, -0.15) is 0 Å². The van der Waals surface area contributed by atoms with E-state index in [9.17, 15) is 0 Å². The molecule has 0 aliphatic carbocycles. The summed E-state index contributed by atoms with van der Waals surface area (Å²) in [6, 6.07) is 43.7. The first-order valence-corrected chi connectivity index (χ1v) is 14.5. The van der Waals surface area contributed by atoms with Crippen LogP contribution in [0.15, 0.2) is 121 Å². The van der Waals surface area contributed by atoms with Gasteiger partial charge in [0.1, 0.15) is 0 Å². The van der Waals surface area contributed by atoms with Gasteiger partial charge in [-0.3, -0.25) is 0 Å². The van der Waals surface area contributed by atoms with E-state index in [1.165, 1.54) is 21.2 Å². The molecule has 0 heterocycles. The van der Waals surface area contributed by atoms with Gasteiger partial charge in [0.25, 0.3) is 0 Å². The molecule has 4 aromatic carbocycles. The SMILES string of the molecule is BrC(C(Br)P(c1ccccc1)c1ccccc1)P(c1ccccc1)c1ccccc1. The van der Waals surface area contributed by atoms with Gasteiger partial charge in [0.05, 0.1) is 9.14 Å². The molecule has 2 atom stereocenters. The summed E-state index contributed by atoms with van der Waals surface area (Å²) in [4.78, 5) is 0. The van der Waals surface area contributed by atoms with Gasteiger partial charge in [-0.1, -0.05) is 153 Å². The molecule has 4 aromatic rings. The van der Waals surface area contributed by atoms with E-state index in [1.54, 1.807) is 0 Å². The van der Waals surface area contributed by atoms with Crippen LogP contribution in [0.4, 0.5) is 0 Å². The van der Waals surface area contributed by atoms with Crippen molar-refractivity contribution in [3.63, 3.8) is 0 Å². The van der Waals surface area contributed by atoms with E-state index in [0.29, 0.717) is 0 Å². The molecule has 2 unspecified atom stereocenters. The zero-order valence-corrected chi connectivity index (χ0v) is 21.3. The highest BCUT2D eigenvalue weighted by Gasteiger charge is 2.34. The molecule has 0 fully saturated rings. The number of hydrogen-bond acceptors (Lipinski definition) is 0. The Morgan fingerprint density at radius 1 is 0.367 bits per heavy atom. The molecule has 30 heavy (non-hydrogen) atoms. The van der Waals surface area contributed by atoms with Crippen LogP contribution < -0.4 is 21.2 Å². The van der Waals surface area contributed by atoms with E-state index in [2.05, 4.69) is 153 Å². The second-order valence-electron chi connectivity index (χ2n) is 6.83. The molecule has 0 saturated heterocycles. The molecule has 0 bridgehead atoms. The summed E-state index contributed by atoms with van der Waals surface area (Å²) in [6.07, 6.45) is 0. The van der Waals surface area contributed by atoms with Crippen LogP contribution in [0, 0.1) is 0 Å². The molecule has 0 amide bonds. The highest BCUT2D eigenvalue weighted by Crippen LogP contribution is 2.56. The smallest absolute Gasteiger partial charge is 0.0597 e. The van der Waals surface area contributed by atoms with Crippen LogP contribution in [0.3, 0.4) is 0 Å². The van der Waals surface area contributed by atoms with E-state index in [0.717, 1.165) is 0 Å². The molecule has 0 radical (unpaired) electrons. The van der Waals surface area contributed by atoms with Crippen LogP contribution in [-0.2, 0) is 0 Å². The molecule has 0 N–H and O–H groups in total. The Hall–Kier alpha value is -1.30. The number of benzene rings is 4. The molecule has 4 rings (SSSR count). The second-order valence-corrected chi connectivity index (χ2v) is 14.9. The molecule has 0 saturated carbocycles. The van der Waals surface area contributed by atoms with Crippen molar-refractivity contribution >= 4 is 68.9 Å². The van der Waals surface area contributed by atoms with Gasteiger partial charge >= 0.3 is 0 Å². The van der Waals surface area contributed by atoms with Crippen molar-refractivity contribution in [3.8, 4) is 0 Å². The molecule has 0 aromatic heterocycles. The molecule has 4 heteroatoms. The van der Waals surface area contributed by atoms with Crippen molar-refractivity contribution in [2.45, 2.75) is 9.14 Å².